The third-order valence-corrected chi connectivity index (χ3v) is 4.27. The topological polar surface area (TPSA) is 38.5 Å². The van der Waals surface area contributed by atoms with Crippen molar-refractivity contribution in [1.82, 2.24) is 4.90 Å². The number of fused-ring (bicyclic) bond motifs is 1. The first kappa shape index (κ1) is 15.1. The molecule has 2 aromatic rings. The number of nitrogens with zero attached hydrogens (tertiary/aromatic N) is 1. The van der Waals surface area contributed by atoms with Gasteiger partial charge in [0.1, 0.15) is 5.75 Å². The maximum absolute atomic E-state index is 5.78. The van der Waals surface area contributed by atoms with Gasteiger partial charge in [-0.15, -0.1) is 0 Å². The number of benzene rings is 2. The van der Waals surface area contributed by atoms with Crippen LogP contribution >= 0.6 is 0 Å². The Hall–Kier alpha value is -1.84. The van der Waals surface area contributed by atoms with Gasteiger partial charge in [-0.25, -0.2) is 0 Å². The van der Waals surface area contributed by atoms with E-state index in [1.807, 2.05) is 6.92 Å². The zero-order valence-electron chi connectivity index (χ0n) is 13.2. The van der Waals surface area contributed by atoms with Crippen LogP contribution in [0.15, 0.2) is 42.5 Å². The van der Waals surface area contributed by atoms with Gasteiger partial charge in [-0.2, -0.15) is 0 Å². The van der Waals surface area contributed by atoms with Gasteiger partial charge in [0.15, 0.2) is 0 Å². The second kappa shape index (κ2) is 6.95. The van der Waals surface area contributed by atoms with Crippen LogP contribution in [-0.4, -0.2) is 18.1 Å². The molecule has 0 amide bonds. The van der Waals surface area contributed by atoms with Crippen LogP contribution in [0.2, 0.25) is 0 Å². The van der Waals surface area contributed by atoms with Crippen LogP contribution in [0.25, 0.3) is 0 Å². The predicted octanol–water partition coefficient (Wildman–Crippen LogP) is 3.10. The molecule has 0 saturated carbocycles. The molecule has 0 radical (unpaired) electrons. The van der Waals surface area contributed by atoms with E-state index >= 15 is 0 Å². The molecule has 1 aliphatic rings. The minimum Gasteiger partial charge on any atom is -0.494 e. The number of rotatable bonds is 5. The van der Waals surface area contributed by atoms with E-state index in [0.717, 1.165) is 37.4 Å². The molecule has 116 valence electrons. The monoisotopic (exact) mass is 296 g/mol. The highest BCUT2D eigenvalue weighted by Gasteiger charge is 2.16. The molecule has 0 unspecified atom stereocenters. The number of ether oxygens (including phenoxy) is 1. The summed E-state index contributed by atoms with van der Waals surface area (Å²) < 4.78 is 5.72. The molecule has 0 aromatic heterocycles. The number of hydrogen-bond donors (Lipinski definition) is 1. The van der Waals surface area contributed by atoms with Crippen molar-refractivity contribution in [1.29, 1.82) is 0 Å². The second-order valence-corrected chi connectivity index (χ2v) is 5.81. The van der Waals surface area contributed by atoms with Crippen LogP contribution in [0, 0.1) is 0 Å². The van der Waals surface area contributed by atoms with Gasteiger partial charge in [0.2, 0.25) is 0 Å². The molecule has 0 atom stereocenters. The predicted molar refractivity (Wildman–Crippen MR) is 89.8 cm³/mol. The quantitative estimate of drug-likeness (QED) is 0.921. The lowest BCUT2D eigenvalue weighted by molar-refractivity contribution is 0.245. The van der Waals surface area contributed by atoms with E-state index in [-0.39, 0.29) is 0 Å². The summed E-state index contributed by atoms with van der Waals surface area (Å²) in [4.78, 5) is 2.50. The summed E-state index contributed by atoms with van der Waals surface area (Å²) in [6.07, 6.45) is 1.13. The smallest absolute Gasteiger partial charge is 0.124 e. The maximum atomic E-state index is 5.78. The lowest BCUT2D eigenvalue weighted by Gasteiger charge is -2.29. The SMILES string of the molecule is CCOc1cc(CN2CCc3ccccc3C2)ccc1CN. The Morgan fingerprint density at radius 2 is 1.95 bits per heavy atom. The molecule has 2 aromatic carbocycles. The van der Waals surface area contributed by atoms with E-state index in [2.05, 4.69) is 47.4 Å². The summed E-state index contributed by atoms with van der Waals surface area (Å²) in [5.74, 6) is 0.930. The fourth-order valence-corrected chi connectivity index (χ4v) is 3.10. The van der Waals surface area contributed by atoms with Crippen molar-refractivity contribution in [2.24, 2.45) is 5.73 Å². The first-order valence-corrected chi connectivity index (χ1v) is 8.04. The molecule has 22 heavy (non-hydrogen) atoms. The average Bonchev–Trinajstić information content (AvgIpc) is 2.55. The Labute approximate surface area is 132 Å². The summed E-state index contributed by atoms with van der Waals surface area (Å²) in [5.41, 5.74) is 11.1. The molecule has 3 heteroatoms. The zero-order valence-corrected chi connectivity index (χ0v) is 13.2. The Morgan fingerprint density at radius 3 is 2.73 bits per heavy atom. The average molecular weight is 296 g/mol. The van der Waals surface area contributed by atoms with Gasteiger partial charge in [-0.1, -0.05) is 36.4 Å². The normalized spacial score (nSPS) is 14.6. The van der Waals surface area contributed by atoms with Crippen molar-refractivity contribution in [3.63, 3.8) is 0 Å². The van der Waals surface area contributed by atoms with E-state index < -0.39 is 0 Å². The van der Waals surface area contributed by atoms with Crippen LogP contribution in [0.5, 0.6) is 5.75 Å². The van der Waals surface area contributed by atoms with Crippen molar-refractivity contribution in [3.05, 3.63) is 64.7 Å². The largest absolute Gasteiger partial charge is 0.494 e. The standard InChI is InChI=1S/C19H24N2O/c1-2-22-19-11-15(7-8-17(19)12-20)13-21-10-9-16-5-3-4-6-18(16)14-21/h3-8,11H,2,9-10,12-14,20H2,1H3. The van der Waals surface area contributed by atoms with Crippen LogP contribution in [-0.2, 0) is 26.1 Å². The van der Waals surface area contributed by atoms with Crippen LogP contribution < -0.4 is 10.5 Å². The van der Waals surface area contributed by atoms with E-state index in [0.29, 0.717) is 13.2 Å². The molecule has 2 N–H and O–H groups in total. The van der Waals surface area contributed by atoms with Crippen LogP contribution in [0.3, 0.4) is 0 Å². The Bertz CT molecular complexity index is 639. The van der Waals surface area contributed by atoms with Crippen molar-refractivity contribution in [3.8, 4) is 5.75 Å². The van der Waals surface area contributed by atoms with Crippen molar-refractivity contribution < 1.29 is 4.74 Å². The minimum absolute atomic E-state index is 0.521. The van der Waals surface area contributed by atoms with E-state index in [1.54, 1.807) is 0 Å². The Kier molecular flexibility index (Phi) is 4.76. The van der Waals surface area contributed by atoms with E-state index in [9.17, 15) is 0 Å². The van der Waals surface area contributed by atoms with Gasteiger partial charge in [-0.3, -0.25) is 4.90 Å². The molecular formula is C19H24N2O. The van der Waals surface area contributed by atoms with Crippen molar-refractivity contribution in [2.45, 2.75) is 33.0 Å². The molecule has 0 aliphatic carbocycles. The number of nitrogens with two attached hydrogens (primary N) is 1. The summed E-state index contributed by atoms with van der Waals surface area (Å²) in [6, 6.07) is 15.2. The summed E-state index contributed by atoms with van der Waals surface area (Å²) in [6.45, 7) is 6.30. The first-order chi connectivity index (χ1) is 10.8. The Balaban J connectivity index is 1.73. The second-order valence-electron chi connectivity index (χ2n) is 5.81. The maximum Gasteiger partial charge on any atom is 0.124 e. The molecule has 3 nitrogen and oxygen atoms in total. The zero-order chi connectivity index (χ0) is 15.4. The van der Waals surface area contributed by atoms with Crippen molar-refractivity contribution >= 4 is 0 Å². The Morgan fingerprint density at radius 1 is 1.14 bits per heavy atom. The van der Waals surface area contributed by atoms with Gasteiger partial charge in [-0.05, 0) is 36.1 Å². The van der Waals surface area contributed by atoms with Crippen molar-refractivity contribution in [2.75, 3.05) is 13.2 Å². The third-order valence-electron chi connectivity index (χ3n) is 4.27. The highest BCUT2D eigenvalue weighted by Crippen LogP contribution is 2.24. The fraction of sp³-hybridized carbons (Fsp3) is 0.368. The molecule has 1 heterocycles. The molecule has 0 fully saturated rings. The van der Waals surface area contributed by atoms with Gasteiger partial charge < -0.3 is 10.5 Å². The van der Waals surface area contributed by atoms with Crippen LogP contribution in [0.1, 0.15) is 29.2 Å². The van der Waals surface area contributed by atoms with Gasteiger partial charge in [0.25, 0.3) is 0 Å². The first-order valence-electron chi connectivity index (χ1n) is 8.04. The van der Waals surface area contributed by atoms with Gasteiger partial charge in [0, 0.05) is 31.7 Å². The lowest BCUT2D eigenvalue weighted by atomic mass is 9.99. The molecular weight excluding hydrogens is 272 g/mol. The molecule has 3 rings (SSSR count). The fourth-order valence-electron chi connectivity index (χ4n) is 3.10. The summed E-state index contributed by atoms with van der Waals surface area (Å²) in [5, 5.41) is 0. The molecule has 0 bridgehead atoms. The lowest BCUT2D eigenvalue weighted by Crippen LogP contribution is -2.30. The number of hydrogen-bond acceptors (Lipinski definition) is 3. The molecule has 1 aliphatic heterocycles. The van der Waals surface area contributed by atoms with E-state index in [1.165, 1.54) is 16.7 Å². The summed E-state index contributed by atoms with van der Waals surface area (Å²) >= 11 is 0. The summed E-state index contributed by atoms with van der Waals surface area (Å²) in [7, 11) is 0. The highest BCUT2D eigenvalue weighted by molar-refractivity contribution is 5.38. The van der Waals surface area contributed by atoms with Gasteiger partial charge >= 0.3 is 0 Å². The minimum atomic E-state index is 0.521. The van der Waals surface area contributed by atoms with E-state index in [4.69, 9.17) is 10.5 Å². The highest BCUT2D eigenvalue weighted by atomic mass is 16.5. The van der Waals surface area contributed by atoms with Gasteiger partial charge in [0.05, 0.1) is 6.61 Å². The molecule has 0 spiro atoms. The van der Waals surface area contributed by atoms with Crippen LogP contribution in [0.4, 0.5) is 0 Å². The molecule has 0 saturated heterocycles. The third kappa shape index (κ3) is 3.32.